The minimum absolute atomic E-state index is 0.0853. The molecule has 0 bridgehead atoms. The van der Waals surface area contributed by atoms with Gasteiger partial charge in [-0.15, -0.1) is 0 Å². The first-order valence-electron chi connectivity index (χ1n) is 13.2. The molecular formula is C30H33N5O2. The van der Waals surface area contributed by atoms with Crippen LogP contribution >= 0.6 is 0 Å². The van der Waals surface area contributed by atoms with Gasteiger partial charge in [0.2, 0.25) is 0 Å². The van der Waals surface area contributed by atoms with Gasteiger partial charge in [0, 0.05) is 54.1 Å². The SMILES string of the molecule is Cc1cc(-c2ccc(CN3CCOCC3)nc2)cnc1C(NC(=O)c1cc2cccc(C)c2[nH]1)C1CC1. The second kappa shape index (κ2) is 10.1. The minimum Gasteiger partial charge on any atom is -0.379 e. The molecule has 7 nitrogen and oxygen atoms in total. The molecule has 2 aliphatic rings. The number of aromatic amines is 1. The first-order valence-corrected chi connectivity index (χ1v) is 13.2. The number of H-pyrrole nitrogens is 1. The van der Waals surface area contributed by atoms with Crippen molar-refractivity contribution in [2.75, 3.05) is 26.3 Å². The number of aromatic nitrogens is 3. The van der Waals surface area contributed by atoms with Crippen molar-refractivity contribution in [3.05, 3.63) is 83.1 Å². The fraction of sp³-hybridized carbons (Fsp3) is 0.367. The summed E-state index contributed by atoms with van der Waals surface area (Å²) >= 11 is 0. The quantitative estimate of drug-likeness (QED) is 0.379. The van der Waals surface area contributed by atoms with Gasteiger partial charge in [0.05, 0.1) is 30.6 Å². The van der Waals surface area contributed by atoms with E-state index in [1.165, 1.54) is 0 Å². The summed E-state index contributed by atoms with van der Waals surface area (Å²) in [5.41, 5.74) is 7.92. The maximum Gasteiger partial charge on any atom is 0.268 e. The number of para-hydroxylation sites is 1. The third-order valence-corrected chi connectivity index (χ3v) is 7.55. The molecule has 7 heteroatoms. The van der Waals surface area contributed by atoms with E-state index in [2.05, 4.69) is 53.3 Å². The average molecular weight is 496 g/mol. The summed E-state index contributed by atoms with van der Waals surface area (Å²) in [7, 11) is 0. The van der Waals surface area contributed by atoms with Crippen LogP contribution in [0.25, 0.3) is 22.0 Å². The van der Waals surface area contributed by atoms with Crippen LogP contribution in [-0.4, -0.2) is 52.1 Å². The van der Waals surface area contributed by atoms with E-state index >= 15 is 0 Å². The van der Waals surface area contributed by atoms with Crippen molar-refractivity contribution in [1.29, 1.82) is 0 Å². The van der Waals surface area contributed by atoms with Gasteiger partial charge >= 0.3 is 0 Å². The number of fused-ring (bicyclic) bond motifs is 1. The van der Waals surface area contributed by atoms with Gasteiger partial charge in [-0.2, -0.15) is 0 Å². The molecule has 1 aliphatic heterocycles. The third-order valence-electron chi connectivity index (χ3n) is 7.55. The highest BCUT2D eigenvalue weighted by Gasteiger charge is 2.35. The molecule has 1 saturated carbocycles. The fourth-order valence-corrected chi connectivity index (χ4v) is 5.23. The number of rotatable bonds is 7. The monoisotopic (exact) mass is 495 g/mol. The molecule has 3 aromatic heterocycles. The van der Waals surface area contributed by atoms with E-state index in [1.54, 1.807) is 0 Å². The lowest BCUT2D eigenvalue weighted by atomic mass is 10.00. The molecule has 1 atom stereocenters. The Hall–Kier alpha value is -3.55. The number of hydrogen-bond donors (Lipinski definition) is 2. The Morgan fingerprint density at radius 1 is 1.05 bits per heavy atom. The van der Waals surface area contributed by atoms with Crippen LogP contribution in [0.4, 0.5) is 0 Å². The van der Waals surface area contributed by atoms with Gasteiger partial charge in [0.1, 0.15) is 5.69 Å². The molecule has 1 amide bonds. The zero-order valence-electron chi connectivity index (χ0n) is 21.5. The number of morpholine rings is 1. The second-order valence-electron chi connectivity index (χ2n) is 10.4. The maximum absolute atomic E-state index is 13.2. The Labute approximate surface area is 217 Å². The predicted octanol–water partition coefficient (Wildman–Crippen LogP) is 4.96. The molecule has 1 aliphatic carbocycles. The zero-order valence-corrected chi connectivity index (χ0v) is 21.5. The Balaban J connectivity index is 1.18. The third kappa shape index (κ3) is 5.15. The molecule has 1 aromatic carbocycles. The number of carbonyl (C=O) groups is 1. The molecule has 4 heterocycles. The smallest absolute Gasteiger partial charge is 0.268 e. The van der Waals surface area contributed by atoms with Gasteiger partial charge in [-0.05, 0) is 61.9 Å². The first-order chi connectivity index (χ1) is 18.0. The van der Waals surface area contributed by atoms with Crippen LogP contribution < -0.4 is 5.32 Å². The molecule has 2 N–H and O–H groups in total. The van der Waals surface area contributed by atoms with Crippen LogP contribution in [0.5, 0.6) is 0 Å². The summed E-state index contributed by atoms with van der Waals surface area (Å²) in [6.07, 6.45) is 6.06. The summed E-state index contributed by atoms with van der Waals surface area (Å²) in [6, 6.07) is 14.3. The van der Waals surface area contributed by atoms with Crippen LogP contribution in [0.3, 0.4) is 0 Å². The Kier molecular flexibility index (Phi) is 6.49. The zero-order chi connectivity index (χ0) is 25.4. The fourth-order valence-electron chi connectivity index (χ4n) is 5.23. The van der Waals surface area contributed by atoms with E-state index in [4.69, 9.17) is 14.7 Å². The van der Waals surface area contributed by atoms with E-state index < -0.39 is 0 Å². The van der Waals surface area contributed by atoms with Crippen LogP contribution in [-0.2, 0) is 11.3 Å². The number of hydrogen-bond acceptors (Lipinski definition) is 5. The lowest BCUT2D eigenvalue weighted by Gasteiger charge is -2.26. The van der Waals surface area contributed by atoms with Crippen molar-refractivity contribution in [2.24, 2.45) is 5.92 Å². The van der Waals surface area contributed by atoms with Crippen LogP contribution in [0.2, 0.25) is 0 Å². The van der Waals surface area contributed by atoms with Crippen LogP contribution in [0.15, 0.2) is 54.9 Å². The van der Waals surface area contributed by atoms with Gasteiger partial charge in [0.15, 0.2) is 0 Å². The topological polar surface area (TPSA) is 83.1 Å². The minimum atomic E-state index is -0.0944. The predicted molar refractivity (Wildman–Crippen MR) is 144 cm³/mol. The van der Waals surface area contributed by atoms with Crippen LogP contribution in [0, 0.1) is 19.8 Å². The molecule has 1 unspecified atom stereocenters. The van der Waals surface area contributed by atoms with Crippen molar-refractivity contribution in [2.45, 2.75) is 39.3 Å². The van der Waals surface area contributed by atoms with E-state index in [1.807, 2.05) is 30.6 Å². The van der Waals surface area contributed by atoms with Gasteiger partial charge in [-0.3, -0.25) is 19.7 Å². The van der Waals surface area contributed by atoms with Gasteiger partial charge in [-0.1, -0.05) is 24.3 Å². The summed E-state index contributed by atoms with van der Waals surface area (Å²) in [5, 5.41) is 4.33. The Morgan fingerprint density at radius 2 is 1.86 bits per heavy atom. The normalized spacial score (nSPS) is 17.1. The summed E-state index contributed by atoms with van der Waals surface area (Å²) in [6.45, 7) is 8.46. The van der Waals surface area contributed by atoms with E-state index in [-0.39, 0.29) is 11.9 Å². The molecule has 0 radical (unpaired) electrons. The molecule has 4 aromatic rings. The summed E-state index contributed by atoms with van der Waals surface area (Å²) in [5.74, 6) is 0.339. The van der Waals surface area contributed by atoms with E-state index in [0.717, 1.165) is 90.2 Å². The van der Waals surface area contributed by atoms with E-state index in [0.29, 0.717) is 11.6 Å². The highest BCUT2D eigenvalue weighted by Crippen LogP contribution is 2.42. The number of carbonyl (C=O) groups excluding carboxylic acids is 1. The van der Waals surface area contributed by atoms with Gasteiger partial charge in [0.25, 0.3) is 5.91 Å². The number of nitrogens with one attached hydrogen (secondary N) is 2. The van der Waals surface area contributed by atoms with Crippen molar-refractivity contribution < 1.29 is 9.53 Å². The number of ether oxygens (including phenoxy) is 1. The van der Waals surface area contributed by atoms with E-state index in [9.17, 15) is 4.79 Å². The largest absolute Gasteiger partial charge is 0.379 e. The lowest BCUT2D eigenvalue weighted by molar-refractivity contribution is 0.0336. The van der Waals surface area contributed by atoms with Crippen molar-refractivity contribution in [3.63, 3.8) is 0 Å². The number of nitrogens with zero attached hydrogens (tertiary/aromatic N) is 3. The molecule has 0 spiro atoms. The van der Waals surface area contributed by atoms with Crippen molar-refractivity contribution >= 4 is 16.8 Å². The van der Waals surface area contributed by atoms with Crippen LogP contribution in [0.1, 0.15) is 51.9 Å². The first kappa shape index (κ1) is 23.8. The second-order valence-corrected chi connectivity index (χ2v) is 10.4. The Morgan fingerprint density at radius 3 is 2.57 bits per heavy atom. The number of amides is 1. The molecule has 6 rings (SSSR count). The molecule has 2 fully saturated rings. The summed E-state index contributed by atoms with van der Waals surface area (Å²) in [4.78, 5) is 28.5. The highest BCUT2D eigenvalue weighted by molar-refractivity contribution is 5.98. The maximum atomic E-state index is 13.2. The standard InChI is InChI=1S/C30H33N5O2/c1-19-4-3-5-22-15-26(33-27(19)22)30(36)34-29(21-6-7-21)28-20(2)14-24(17-32-28)23-8-9-25(31-16-23)18-35-10-12-37-13-11-35/h3-5,8-9,14-17,21,29,33H,6-7,10-13,18H2,1-2H3,(H,34,36). The number of aryl methyl sites for hydroxylation is 2. The van der Waals surface area contributed by atoms with Crippen molar-refractivity contribution in [3.8, 4) is 11.1 Å². The Bertz CT molecular complexity index is 1420. The van der Waals surface area contributed by atoms with Crippen molar-refractivity contribution in [1.82, 2.24) is 25.2 Å². The lowest BCUT2D eigenvalue weighted by Crippen LogP contribution is -2.35. The molecule has 37 heavy (non-hydrogen) atoms. The number of pyridine rings is 2. The average Bonchev–Trinajstić information content (AvgIpc) is 3.66. The summed E-state index contributed by atoms with van der Waals surface area (Å²) < 4.78 is 5.44. The van der Waals surface area contributed by atoms with Gasteiger partial charge in [-0.25, -0.2) is 0 Å². The van der Waals surface area contributed by atoms with Gasteiger partial charge < -0.3 is 15.0 Å². The molecular weight excluding hydrogens is 462 g/mol. The molecule has 1 saturated heterocycles. The highest BCUT2D eigenvalue weighted by atomic mass is 16.5. The molecule has 190 valence electrons. The number of benzene rings is 1.